The Bertz CT molecular complexity index is 523. The second-order valence-electron chi connectivity index (χ2n) is 4.56. The van der Waals surface area contributed by atoms with Crippen molar-refractivity contribution < 1.29 is 0 Å². The highest BCUT2D eigenvalue weighted by molar-refractivity contribution is 6.33. The lowest BCUT2D eigenvalue weighted by molar-refractivity contribution is 0.748. The van der Waals surface area contributed by atoms with Crippen molar-refractivity contribution in [1.29, 1.82) is 0 Å². The number of aromatic nitrogens is 1. The van der Waals surface area contributed by atoms with E-state index in [1.165, 1.54) is 11.1 Å². The fourth-order valence-electron chi connectivity index (χ4n) is 2.08. The summed E-state index contributed by atoms with van der Waals surface area (Å²) >= 11 is 6.16. The predicted octanol–water partition coefficient (Wildman–Crippen LogP) is 4.86. The molecule has 0 radical (unpaired) electrons. The maximum atomic E-state index is 6.16. The number of pyridine rings is 1. The van der Waals surface area contributed by atoms with E-state index in [1.54, 1.807) is 18.5 Å². The van der Waals surface area contributed by atoms with Crippen molar-refractivity contribution in [3.63, 3.8) is 0 Å². The highest BCUT2D eigenvalue weighted by Crippen LogP contribution is 2.27. The van der Waals surface area contributed by atoms with Gasteiger partial charge in [0.05, 0.1) is 22.9 Å². The van der Waals surface area contributed by atoms with E-state index in [9.17, 15) is 0 Å². The van der Waals surface area contributed by atoms with Gasteiger partial charge in [0.2, 0.25) is 0 Å². The van der Waals surface area contributed by atoms with Crippen LogP contribution in [0.4, 0.5) is 5.69 Å². The summed E-state index contributed by atoms with van der Waals surface area (Å²) in [4.78, 5) is 4.11. The molecule has 2 rings (SSSR count). The maximum absolute atomic E-state index is 6.16. The van der Waals surface area contributed by atoms with Crippen LogP contribution in [-0.2, 0) is 6.42 Å². The zero-order valence-electron chi connectivity index (χ0n) is 11.4. The molecule has 1 atom stereocenters. The molecule has 1 N–H and O–H groups in total. The van der Waals surface area contributed by atoms with Crippen molar-refractivity contribution >= 4 is 17.3 Å². The normalized spacial score (nSPS) is 12.2. The number of rotatable bonds is 5. The van der Waals surface area contributed by atoms with E-state index in [0.29, 0.717) is 5.02 Å². The van der Waals surface area contributed by atoms with Gasteiger partial charge in [-0.3, -0.25) is 4.98 Å². The highest BCUT2D eigenvalue weighted by atomic mass is 35.5. The van der Waals surface area contributed by atoms with Gasteiger partial charge in [-0.05, 0) is 30.0 Å². The van der Waals surface area contributed by atoms with Crippen LogP contribution < -0.4 is 5.32 Å². The van der Waals surface area contributed by atoms with Crippen molar-refractivity contribution in [3.05, 3.63) is 58.9 Å². The first-order chi connectivity index (χ1) is 9.24. The summed E-state index contributed by atoms with van der Waals surface area (Å²) < 4.78 is 0. The van der Waals surface area contributed by atoms with Crippen molar-refractivity contribution in [3.8, 4) is 0 Å². The van der Waals surface area contributed by atoms with Crippen LogP contribution in [0, 0.1) is 0 Å². The summed E-state index contributed by atoms with van der Waals surface area (Å²) in [5, 5.41) is 4.16. The molecule has 0 aliphatic carbocycles. The van der Waals surface area contributed by atoms with E-state index >= 15 is 0 Å². The van der Waals surface area contributed by atoms with Gasteiger partial charge in [-0.2, -0.15) is 0 Å². The van der Waals surface area contributed by atoms with Gasteiger partial charge in [0.1, 0.15) is 0 Å². The van der Waals surface area contributed by atoms with Gasteiger partial charge in [0, 0.05) is 6.20 Å². The molecule has 0 fully saturated rings. The summed E-state index contributed by atoms with van der Waals surface area (Å²) in [5.74, 6) is 0. The molecule has 2 nitrogen and oxygen atoms in total. The fraction of sp³-hybridized carbons (Fsp3) is 0.312. The van der Waals surface area contributed by atoms with Crippen LogP contribution >= 0.6 is 11.6 Å². The molecule has 3 heteroatoms. The number of benzene rings is 1. The Morgan fingerprint density at radius 3 is 2.47 bits per heavy atom. The van der Waals surface area contributed by atoms with E-state index in [4.69, 9.17) is 11.6 Å². The van der Waals surface area contributed by atoms with Crippen LogP contribution in [0.3, 0.4) is 0 Å². The average molecular weight is 275 g/mol. The molecule has 100 valence electrons. The molecule has 0 saturated heterocycles. The third kappa shape index (κ3) is 3.48. The predicted molar refractivity (Wildman–Crippen MR) is 81.7 cm³/mol. The lowest BCUT2D eigenvalue weighted by atomic mass is 10.0. The summed E-state index contributed by atoms with van der Waals surface area (Å²) in [6.45, 7) is 4.33. The van der Waals surface area contributed by atoms with E-state index in [-0.39, 0.29) is 6.04 Å². The molecule has 0 aliphatic heterocycles. The first-order valence-corrected chi connectivity index (χ1v) is 7.07. The Kier molecular flexibility index (Phi) is 4.80. The van der Waals surface area contributed by atoms with Gasteiger partial charge < -0.3 is 5.32 Å². The summed E-state index contributed by atoms with van der Waals surface area (Å²) in [6, 6.07) is 10.8. The molecule has 1 aromatic heterocycles. The van der Waals surface area contributed by atoms with Crippen LogP contribution in [-0.4, -0.2) is 4.98 Å². The number of nitrogens with one attached hydrogen (secondary N) is 1. The Labute approximate surface area is 119 Å². The first kappa shape index (κ1) is 13.9. The third-order valence-corrected chi connectivity index (χ3v) is 3.63. The zero-order valence-corrected chi connectivity index (χ0v) is 12.1. The van der Waals surface area contributed by atoms with Crippen LogP contribution in [0.15, 0.2) is 42.7 Å². The van der Waals surface area contributed by atoms with E-state index in [1.807, 2.05) is 0 Å². The second-order valence-corrected chi connectivity index (χ2v) is 4.96. The number of hydrogen-bond acceptors (Lipinski definition) is 2. The number of aryl methyl sites for hydroxylation is 1. The molecule has 1 heterocycles. The van der Waals surface area contributed by atoms with Gasteiger partial charge in [-0.25, -0.2) is 0 Å². The van der Waals surface area contributed by atoms with Crippen molar-refractivity contribution in [2.24, 2.45) is 0 Å². The maximum Gasteiger partial charge on any atom is 0.0720 e. The molecule has 0 aliphatic rings. The van der Waals surface area contributed by atoms with Crippen molar-refractivity contribution in [2.45, 2.75) is 32.7 Å². The Hall–Kier alpha value is -1.54. The molecule has 0 bridgehead atoms. The lowest BCUT2D eigenvalue weighted by Gasteiger charge is -2.19. The minimum atomic E-state index is 0.257. The minimum absolute atomic E-state index is 0.257. The average Bonchev–Trinajstić information content (AvgIpc) is 2.47. The largest absolute Gasteiger partial charge is 0.376 e. The van der Waals surface area contributed by atoms with Gasteiger partial charge >= 0.3 is 0 Å². The molecule has 0 spiro atoms. The first-order valence-electron chi connectivity index (χ1n) is 6.69. The zero-order chi connectivity index (χ0) is 13.7. The molecular weight excluding hydrogens is 256 g/mol. The monoisotopic (exact) mass is 274 g/mol. The molecule has 0 amide bonds. The van der Waals surface area contributed by atoms with Gasteiger partial charge in [0.15, 0.2) is 0 Å². The molecule has 19 heavy (non-hydrogen) atoms. The number of halogens is 1. The molecule has 1 unspecified atom stereocenters. The Balaban J connectivity index is 2.17. The SMILES string of the molecule is CCc1ccc(C(CC)Nc2cnccc2Cl)cc1. The third-order valence-electron chi connectivity index (χ3n) is 3.30. The number of nitrogens with zero attached hydrogens (tertiary/aromatic N) is 1. The molecular formula is C16H19ClN2. The molecule has 2 aromatic rings. The van der Waals surface area contributed by atoms with Crippen molar-refractivity contribution in [2.75, 3.05) is 5.32 Å². The highest BCUT2D eigenvalue weighted by Gasteiger charge is 2.10. The smallest absolute Gasteiger partial charge is 0.0720 e. The number of anilines is 1. The van der Waals surface area contributed by atoms with E-state index in [2.05, 4.69) is 48.4 Å². The van der Waals surface area contributed by atoms with Crippen molar-refractivity contribution in [1.82, 2.24) is 4.98 Å². The van der Waals surface area contributed by atoms with Crippen LogP contribution in [0.25, 0.3) is 0 Å². The Morgan fingerprint density at radius 2 is 1.89 bits per heavy atom. The Morgan fingerprint density at radius 1 is 1.16 bits per heavy atom. The fourth-order valence-corrected chi connectivity index (χ4v) is 2.24. The van der Waals surface area contributed by atoms with E-state index < -0.39 is 0 Å². The minimum Gasteiger partial charge on any atom is -0.376 e. The summed E-state index contributed by atoms with van der Waals surface area (Å²) in [6.07, 6.45) is 5.53. The molecule has 0 saturated carbocycles. The van der Waals surface area contributed by atoms with Gasteiger partial charge in [-0.1, -0.05) is 49.7 Å². The summed E-state index contributed by atoms with van der Waals surface area (Å²) in [7, 11) is 0. The summed E-state index contributed by atoms with van der Waals surface area (Å²) in [5.41, 5.74) is 3.52. The van der Waals surface area contributed by atoms with Crippen LogP contribution in [0.2, 0.25) is 5.02 Å². The quantitative estimate of drug-likeness (QED) is 0.842. The lowest BCUT2D eigenvalue weighted by Crippen LogP contribution is -2.10. The number of hydrogen-bond donors (Lipinski definition) is 1. The van der Waals surface area contributed by atoms with Gasteiger partial charge in [0.25, 0.3) is 0 Å². The topological polar surface area (TPSA) is 24.9 Å². The molecule has 1 aromatic carbocycles. The second kappa shape index (κ2) is 6.58. The van der Waals surface area contributed by atoms with Crippen LogP contribution in [0.5, 0.6) is 0 Å². The van der Waals surface area contributed by atoms with Gasteiger partial charge in [-0.15, -0.1) is 0 Å². The van der Waals surface area contributed by atoms with E-state index in [0.717, 1.165) is 18.5 Å². The van der Waals surface area contributed by atoms with Crippen LogP contribution in [0.1, 0.15) is 37.4 Å². The standard InChI is InChI=1S/C16H19ClN2/c1-3-12-5-7-13(8-6-12)15(4-2)19-16-11-18-10-9-14(16)17/h5-11,15,19H,3-4H2,1-2H3.